The molecular formula is C22H18N4O3. The van der Waals surface area contributed by atoms with Crippen molar-refractivity contribution < 1.29 is 14.1 Å². The summed E-state index contributed by atoms with van der Waals surface area (Å²) in [6.45, 7) is 3.20. The van der Waals surface area contributed by atoms with E-state index in [1.807, 2.05) is 30.3 Å². The van der Waals surface area contributed by atoms with Gasteiger partial charge in [0.25, 0.3) is 11.6 Å². The second-order valence-electron chi connectivity index (χ2n) is 6.59. The highest BCUT2D eigenvalue weighted by atomic mass is 16.5. The number of aryl methyl sites for hydroxylation is 1. The SMILES string of the molecule is CC(=O)Nc1cccc(NC(=O)c2cc(-c3ccccc3)nc3onc(C)c23)c1. The van der Waals surface area contributed by atoms with Crippen molar-refractivity contribution in [2.75, 3.05) is 10.6 Å². The molecule has 2 amide bonds. The van der Waals surface area contributed by atoms with Crippen LogP contribution in [0.3, 0.4) is 0 Å². The van der Waals surface area contributed by atoms with Gasteiger partial charge in [-0.25, -0.2) is 4.98 Å². The Hall–Kier alpha value is -4.00. The maximum atomic E-state index is 13.1. The number of pyridine rings is 1. The third-order valence-corrected chi connectivity index (χ3v) is 4.37. The van der Waals surface area contributed by atoms with E-state index >= 15 is 0 Å². The predicted octanol–water partition coefficient (Wildman–Crippen LogP) is 4.41. The summed E-state index contributed by atoms with van der Waals surface area (Å²) in [4.78, 5) is 28.9. The van der Waals surface area contributed by atoms with E-state index < -0.39 is 0 Å². The highest BCUT2D eigenvalue weighted by Crippen LogP contribution is 2.28. The molecule has 0 saturated heterocycles. The number of carbonyl (C=O) groups excluding carboxylic acids is 2. The quantitative estimate of drug-likeness (QED) is 0.541. The number of aromatic nitrogens is 2. The molecule has 0 unspecified atom stereocenters. The van der Waals surface area contributed by atoms with Crippen LogP contribution in [-0.2, 0) is 4.79 Å². The van der Waals surface area contributed by atoms with E-state index in [0.29, 0.717) is 39.4 Å². The molecule has 144 valence electrons. The van der Waals surface area contributed by atoms with Crippen LogP contribution in [0.1, 0.15) is 23.0 Å². The van der Waals surface area contributed by atoms with Gasteiger partial charge in [0.2, 0.25) is 5.91 Å². The van der Waals surface area contributed by atoms with Gasteiger partial charge in [-0.3, -0.25) is 9.59 Å². The van der Waals surface area contributed by atoms with E-state index in [0.717, 1.165) is 5.56 Å². The minimum absolute atomic E-state index is 0.183. The first kappa shape index (κ1) is 18.4. The van der Waals surface area contributed by atoms with Crippen molar-refractivity contribution >= 4 is 34.3 Å². The number of hydrogen-bond acceptors (Lipinski definition) is 5. The summed E-state index contributed by atoms with van der Waals surface area (Å²) in [7, 11) is 0. The van der Waals surface area contributed by atoms with Crippen molar-refractivity contribution in [1.82, 2.24) is 10.1 Å². The average Bonchev–Trinajstić information content (AvgIpc) is 3.08. The molecule has 0 fully saturated rings. The third kappa shape index (κ3) is 3.84. The van der Waals surface area contributed by atoms with Crippen molar-refractivity contribution in [2.45, 2.75) is 13.8 Å². The number of fused-ring (bicyclic) bond motifs is 1. The fraction of sp³-hybridized carbons (Fsp3) is 0.0909. The molecule has 2 heterocycles. The van der Waals surface area contributed by atoms with E-state index in [2.05, 4.69) is 20.8 Å². The molecule has 0 spiro atoms. The van der Waals surface area contributed by atoms with Gasteiger partial charge in [0.1, 0.15) is 0 Å². The van der Waals surface area contributed by atoms with E-state index in [1.165, 1.54) is 6.92 Å². The Kier molecular flexibility index (Phi) is 4.78. The van der Waals surface area contributed by atoms with Gasteiger partial charge < -0.3 is 15.2 Å². The van der Waals surface area contributed by atoms with Crippen molar-refractivity contribution in [3.05, 3.63) is 71.9 Å². The maximum Gasteiger partial charge on any atom is 0.259 e. The summed E-state index contributed by atoms with van der Waals surface area (Å²) >= 11 is 0. The van der Waals surface area contributed by atoms with Crippen LogP contribution in [0.2, 0.25) is 0 Å². The number of nitrogens with one attached hydrogen (secondary N) is 2. The monoisotopic (exact) mass is 386 g/mol. The first-order valence-corrected chi connectivity index (χ1v) is 9.03. The van der Waals surface area contributed by atoms with Gasteiger partial charge in [-0.15, -0.1) is 0 Å². The van der Waals surface area contributed by atoms with Crippen molar-refractivity contribution in [3.8, 4) is 11.3 Å². The summed E-state index contributed by atoms with van der Waals surface area (Å²) in [5.74, 6) is -0.502. The molecular weight excluding hydrogens is 368 g/mol. The van der Waals surface area contributed by atoms with Crippen LogP contribution < -0.4 is 10.6 Å². The van der Waals surface area contributed by atoms with Crippen LogP contribution in [0, 0.1) is 6.92 Å². The summed E-state index contributed by atoms with van der Waals surface area (Å²) in [6.07, 6.45) is 0. The van der Waals surface area contributed by atoms with Gasteiger partial charge in [0.15, 0.2) is 0 Å². The molecule has 0 atom stereocenters. The molecule has 29 heavy (non-hydrogen) atoms. The lowest BCUT2D eigenvalue weighted by Gasteiger charge is -2.10. The number of anilines is 2. The topological polar surface area (TPSA) is 97.1 Å². The van der Waals surface area contributed by atoms with Crippen LogP contribution in [0.15, 0.2) is 65.2 Å². The largest absolute Gasteiger partial charge is 0.335 e. The molecule has 7 nitrogen and oxygen atoms in total. The zero-order chi connectivity index (χ0) is 20.4. The molecule has 2 aromatic heterocycles. The van der Waals surface area contributed by atoms with Crippen molar-refractivity contribution in [1.29, 1.82) is 0 Å². The normalized spacial score (nSPS) is 10.7. The Morgan fingerprint density at radius 2 is 1.66 bits per heavy atom. The molecule has 7 heteroatoms. The predicted molar refractivity (Wildman–Crippen MR) is 111 cm³/mol. The average molecular weight is 386 g/mol. The van der Waals surface area contributed by atoms with Crippen LogP contribution in [0.25, 0.3) is 22.4 Å². The molecule has 0 aliphatic rings. The van der Waals surface area contributed by atoms with E-state index in [9.17, 15) is 9.59 Å². The second kappa shape index (κ2) is 7.55. The Bertz CT molecular complexity index is 1220. The summed E-state index contributed by atoms with van der Waals surface area (Å²) in [6, 6.07) is 18.2. The van der Waals surface area contributed by atoms with Gasteiger partial charge in [0.05, 0.1) is 22.3 Å². The first-order chi connectivity index (χ1) is 14.0. The molecule has 0 aliphatic heterocycles. The molecule has 0 aliphatic carbocycles. The second-order valence-corrected chi connectivity index (χ2v) is 6.59. The molecule has 0 bridgehead atoms. The lowest BCUT2D eigenvalue weighted by molar-refractivity contribution is -0.114. The summed E-state index contributed by atoms with van der Waals surface area (Å²) in [5.41, 5.74) is 3.95. The van der Waals surface area contributed by atoms with Crippen molar-refractivity contribution in [2.24, 2.45) is 0 Å². The Balaban J connectivity index is 1.73. The van der Waals surface area contributed by atoms with Gasteiger partial charge in [-0.05, 0) is 31.2 Å². The van der Waals surface area contributed by atoms with Crippen LogP contribution in [0.4, 0.5) is 11.4 Å². The molecule has 4 aromatic rings. The number of carbonyl (C=O) groups is 2. The highest BCUT2D eigenvalue weighted by Gasteiger charge is 2.19. The van der Waals surface area contributed by atoms with Crippen molar-refractivity contribution in [3.63, 3.8) is 0 Å². The summed E-state index contributed by atoms with van der Waals surface area (Å²) in [5, 5.41) is 10.1. The maximum absolute atomic E-state index is 13.1. The zero-order valence-corrected chi connectivity index (χ0v) is 15.9. The standard InChI is InChI=1S/C22H18N4O3/c1-13-20-18(21(28)24-17-10-6-9-16(11-17)23-14(2)27)12-19(25-22(20)29-26-13)15-7-4-3-5-8-15/h3-12H,1-2H3,(H,23,27)(H,24,28). The highest BCUT2D eigenvalue weighted by molar-refractivity contribution is 6.13. The number of amides is 2. The van der Waals surface area contributed by atoms with E-state index in [4.69, 9.17) is 4.52 Å². The minimum atomic E-state index is -0.319. The van der Waals surface area contributed by atoms with Crippen LogP contribution in [0.5, 0.6) is 0 Å². The molecule has 0 radical (unpaired) electrons. The number of benzene rings is 2. The van der Waals surface area contributed by atoms with E-state index in [-0.39, 0.29) is 11.8 Å². The fourth-order valence-corrected chi connectivity index (χ4v) is 3.11. The van der Waals surface area contributed by atoms with Gasteiger partial charge in [0, 0.05) is 23.9 Å². The van der Waals surface area contributed by atoms with Gasteiger partial charge >= 0.3 is 0 Å². The molecule has 4 rings (SSSR count). The lowest BCUT2D eigenvalue weighted by atomic mass is 10.0. The number of rotatable bonds is 4. The number of nitrogens with zero attached hydrogens (tertiary/aromatic N) is 2. The smallest absolute Gasteiger partial charge is 0.259 e. The number of hydrogen-bond donors (Lipinski definition) is 2. The first-order valence-electron chi connectivity index (χ1n) is 9.03. The van der Waals surface area contributed by atoms with Crippen LogP contribution in [-0.4, -0.2) is 22.0 Å². The zero-order valence-electron chi connectivity index (χ0n) is 15.9. The fourth-order valence-electron chi connectivity index (χ4n) is 3.11. The third-order valence-electron chi connectivity index (χ3n) is 4.37. The Morgan fingerprint density at radius 3 is 2.38 bits per heavy atom. The minimum Gasteiger partial charge on any atom is -0.335 e. The van der Waals surface area contributed by atoms with Gasteiger partial charge in [-0.2, -0.15) is 0 Å². The van der Waals surface area contributed by atoms with Crippen LogP contribution >= 0.6 is 0 Å². The molecule has 2 aromatic carbocycles. The molecule has 2 N–H and O–H groups in total. The van der Waals surface area contributed by atoms with Gasteiger partial charge in [-0.1, -0.05) is 41.6 Å². The lowest BCUT2D eigenvalue weighted by Crippen LogP contribution is -2.13. The summed E-state index contributed by atoms with van der Waals surface area (Å²) < 4.78 is 5.33. The molecule has 0 saturated carbocycles. The van der Waals surface area contributed by atoms with E-state index in [1.54, 1.807) is 37.3 Å². The Labute approximate surface area is 166 Å². The Morgan fingerprint density at radius 1 is 0.931 bits per heavy atom.